The molecule has 19 heavy (non-hydrogen) atoms. The molecule has 1 aliphatic rings. The van der Waals surface area contributed by atoms with Crippen LogP contribution in [0.15, 0.2) is 0 Å². The van der Waals surface area contributed by atoms with Crippen molar-refractivity contribution in [1.82, 2.24) is 10.2 Å². The minimum atomic E-state index is -0.509. The second kappa shape index (κ2) is 8.15. The Kier molecular flexibility index (Phi) is 6.84. The number of aliphatic hydroxyl groups is 1. The predicted octanol–water partition coefficient (Wildman–Crippen LogP) is 0.912. The fourth-order valence-corrected chi connectivity index (χ4v) is 2.40. The molecule has 0 radical (unpaired) electrons. The van der Waals surface area contributed by atoms with Crippen LogP contribution in [0.1, 0.15) is 46.0 Å². The minimum Gasteiger partial charge on any atom is -0.396 e. The molecule has 110 valence electrons. The van der Waals surface area contributed by atoms with E-state index < -0.39 is 11.8 Å². The summed E-state index contributed by atoms with van der Waals surface area (Å²) in [5, 5.41) is 11.7. The van der Waals surface area contributed by atoms with Gasteiger partial charge in [0.1, 0.15) is 0 Å². The molecule has 1 saturated heterocycles. The molecule has 1 fully saturated rings. The van der Waals surface area contributed by atoms with Crippen molar-refractivity contribution in [3.05, 3.63) is 0 Å². The zero-order valence-electron chi connectivity index (χ0n) is 12.0. The van der Waals surface area contributed by atoms with Gasteiger partial charge in [-0.1, -0.05) is 13.8 Å². The molecule has 0 spiro atoms. The Balaban J connectivity index is 2.46. The summed E-state index contributed by atoms with van der Waals surface area (Å²) in [5.74, 6) is -0.445. The lowest BCUT2D eigenvalue weighted by atomic mass is 9.99. The van der Waals surface area contributed by atoms with Crippen LogP contribution >= 0.6 is 0 Å². The Morgan fingerprint density at radius 1 is 1.37 bits per heavy atom. The van der Waals surface area contributed by atoms with Gasteiger partial charge in [0.2, 0.25) is 0 Å². The van der Waals surface area contributed by atoms with Gasteiger partial charge in [0, 0.05) is 25.7 Å². The molecule has 2 amide bonds. The van der Waals surface area contributed by atoms with Crippen molar-refractivity contribution in [2.24, 2.45) is 5.92 Å². The molecular formula is C14H26N2O3. The molecule has 1 unspecified atom stereocenters. The molecule has 0 bridgehead atoms. The number of nitrogens with one attached hydrogen (secondary N) is 1. The summed E-state index contributed by atoms with van der Waals surface area (Å²) < 4.78 is 0. The van der Waals surface area contributed by atoms with Gasteiger partial charge in [0.25, 0.3) is 0 Å². The first kappa shape index (κ1) is 16.0. The normalized spacial score (nSPS) is 19.6. The Hall–Kier alpha value is -1.10. The number of carbonyl (C=O) groups excluding carboxylic acids is 2. The third kappa shape index (κ3) is 5.19. The van der Waals surface area contributed by atoms with Gasteiger partial charge in [0.15, 0.2) is 0 Å². The standard InChI is InChI=1S/C14H26N2O3/c1-11(2)6-8-15-13(18)14(19)16-9-4-3-5-12(16)7-10-17/h11-12,17H,3-10H2,1-2H3,(H,15,18). The SMILES string of the molecule is CC(C)CCNC(=O)C(=O)N1CCCCC1CCO. The maximum Gasteiger partial charge on any atom is 0.312 e. The van der Waals surface area contributed by atoms with Crippen molar-refractivity contribution in [3.8, 4) is 0 Å². The number of nitrogens with zero attached hydrogens (tertiary/aromatic N) is 1. The molecule has 5 nitrogen and oxygen atoms in total. The molecule has 2 N–H and O–H groups in total. The number of likely N-dealkylation sites (tertiary alicyclic amines) is 1. The van der Waals surface area contributed by atoms with Crippen LogP contribution < -0.4 is 5.32 Å². The summed E-state index contributed by atoms with van der Waals surface area (Å²) in [4.78, 5) is 25.5. The topological polar surface area (TPSA) is 69.6 Å². The summed E-state index contributed by atoms with van der Waals surface area (Å²) in [6, 6.07) is 0.0158. The smallest absolute Gasteiger partial charge is 0.312 e. The van der Waals surface area contributed by atoms with Gasteiger partial charge < -0.3 is 15.3 Å². The minimum absolute atomic E-state index is 0.0158. The van der Waals surface area contributed by atoms with Gasteiger partial charge in [-0.2, -0.15) is 0 Å². The fraction of sp³-hybridized carbons (Fsp3) is 0.857. The van der Waals surface area contributed by atoms with E-state index in [-0.39, 0.29) is 12.6 Å². The van der Waals surface area contributed by atoms with E-state index in [0.717, 1.165) is 25.7 Å². The lowest BCUT2D eigenvalue weighted by molar-refractivity contribution is -0.148. The maximum absolute atomic E-state index is 12.1. The number of hydrogen-bond acceptors (Lipinski definition) is 3. The zero-order chi connectivity index (χ0) is 14.3. The largest absolute Gasteiger partial charge is 0.396 e. The molecule has 0 saturated carbocycles. The van der Waals surface area contributed by atoms with Crippen LogP contribution in [-0.2, 0) is 9.59 Å². The number of amides is 2. The average Bonchev–Trinajstić information content (AvgIpc) is 2.38. The van der Waals surface area contributed by atoms with Crippen LogP contribution in [0.5, 0.6) is 0 Å². The predicted molar refractivity (Wildman–Crippen MR) is 73.5 cm³/mol. The molecule has 0 aromatic rings. The van der Waals surface area contributed by atoms with E-state index in [2.05, 4.69) is 19.2 Å². The van der Waals surface area contributed by atoms with Gasteiger partial charge in [0.05, 0.1) is 0 Å². The van der Waals surface area contributed by atoms with Crippen LogP contribution in [-0.4, -0.2) is 47.6 Å². The number of rotatable bonds is 5. The van der Waals surface area contributed by atoms with Gasteiger partial charge in [-0.05, 0) is 38.0 Å². The number of piperidine rings is 1. The molecule has 5 heteroatoms. The van der Waals surface area contributed by atoms with Crippen molar-refractivity contribution < 1.29 is 14.7 Å². The Morgan fingerprint density at radius 2 is 2.11 bits per heavy atom. The summed E-state index contributed by atoms with van der Waals surface area (Å²) in [7, 11) is 0. The monoisotopic (exact) mass is 270 g/mol. The molecule has 1 rings (SSSR count). The van der Waals surface area contributed by atoms with Gasteiger partial charge in [-0.3, -0.25) is 9.59 Å². The van der Waals surface area contributed by atoms with Crippen molar-refractivity contribution in [3.63, 3.8) is 0 Å². The quantitative estimate of drug-likeness (QED) is 0.730. The van der Waals surface area contributed by atoms with E-state index in [1.54, 1.807) is 4.90 Å². The first-order chi connectivity index (χ1) is 9.06. The molecule has 0 aliphatic carbocycles. The van der Waals surface area contributed by atoms with Gasteiger partial charge >= 0.3 is 11.8 Å². The summed E-state index contributed by atoms with van der Waals surface area (Å²) in [6.07, 6.45) is 4.31. The molecule has 0 aromatic carbocycles. The second-order valence-electron chi connectivity index (χ2n) is 5.60. The fourth-order valence-electron chi connectivity index (χ4n) is 2.40. The van der Waals surface area contributed by atoms with Gasteiger partial charge in [-0.15, -0.1) is 0 Å². The lowest BCUT2D eigenvalue weighted by Crippen LogP contribution is -2.50. The number of hydrogen-bond donors (Lipinski definition) is 2. The van der Waals surface area contributed by atoms with Crippen molar-refractivity contribution in [2.45, 2.75) is 52.0 Å². The second-order valence-corrected chi connectivity index (χ2v) is 5.60. The average molecular weight is 270 g/mol. The summed E-state index contributed by atoms with van der Waals surface area (Å²) in [6.45, 7) is 5.39. The van der Waals surface area contributed by atoms with Crippen LogP contribution in [0.25, 0.3) is 0 Å². The highest BCUT2D eigenvalue weighted by Gasteiger charge is 2.30. The molecule has 1 heterocycles. The van der Waals surface area contributed by atoms with E-state index in [9.17, 15) is 9.59 Å². The third-order valence-electron chi connectivity index (χ3n) is 3.55. The van der Waals surface area contributed by atoms with Crippen LogP contribution in [0.3, 0.4) is 0 Å². The highest BCUT2D eigenvalue weighted by molar-refractivity contribution is 6.35. The summed E-state index contributed by atoms with van der Waals surface area (Å²) >= 11 is 0. The van der Waals surface area contributed by atoms with E-state index >= 15 is 0 Å². The highest BCUT2D eigenvalue weighted by Crippen LogP contribution is 2.19. The van der Waals surface area contributed by atoms with Crippen LogP contribution in [0.2, 0.25) is 0 Å². The summed E-state index contributed by atoms with van der Waals surface area (Å²) in [5.41, 5.74) is 0. The van der Waals surface area contributed by atoms with Crippen molar-refractivity contribution in [1.29, 1.82) is 0 Å². The molecular weight excluding hydrogens is 244 g/mol. The Labute approximate surface area is 115 Å². The lowest BCUT2D eigenvalue weighted by Gasteiger charge is -2.35. The van der Waals surface area contributed by atoms with Crippen molar-refractivity contribution in [2.75, 3.05) is 19.7 Å². The first-order valence-electron chi connectivity index (χ1n) is 7.26. The van der Waals surface area contributed by atoms with Gasteiger partial charge in [-0.25, -0.2) is 0 Å². The molecule has 1 atom stereocenters. The highest BCUT2D eigenvalue weighted by atomic mass is 16.3. The van der Waals surface area contributed by atoms with Crippen LogP contribution in [0.4, 0.5) is 0 Å². The Bertz CT molecular complexity index is 303. The molecule has 0 aromatic heterocycles. The first-order valence-corrected chi connectivity index (χ1v) is 7.26. The maximum atomic E-state index is 12.1. The van der Waals surface area contributed by atoms with E-state index in [1.165, 1.54) is 0 Å². The number of aliphatic hydroxyl groups excluding tert-OH is 1. The number of carbonyl (C=O) groups is 2. The van der Waals surface area contributed by atoms with Crippen LogP contribution in [0, 0.1) is 5.92 Å². The van der Waals surface area contributed by atoms with E-state index in [0.29, 0.717) is 25.4 Å². The third-order valence-corrected chi connectivity index (χ3v) is 3.55. The van der Waals surface area contributed by atoms with E-state index in [4.69, 9.17) is 5.11 Å². The zero-order valence-corrected chi connectivity index (χ0v) is 12.0. The van der Waals surface area contributed by atoms with Crippen molar-refractivity contribution >= 4 is 11.8 Å². The van der Waals surface area contributed by atoms with E-state index in [1.807, 2.05) is 0 Å². The molecule has 1 aliphatic heterocycles. The Morgan fingerprint density at radius 3 is 2.74 bits per heavy atom.